The lowest BCUT2D eigenvalue weighted by atomic mass is 10.1. The normalized spacial score (nSPS) is 11.9. The summed E-state index contributed by atoms with van der Waals surface area (Å²) in [6.07, 6.45) is 6.60. The first-order valence-corrected chi connectivity index (χ1v) is 11.6. The molecule has 182 valence electrons. The number of alkyl halides is 3. The molecule has 0 aliphatic rings. The van der Waals surface area contributed by atoms with Gasteiger partial charge in [-0.25, -0.2) is 22.5 Å². The van der Waals surface area contributed by atoms with Gasteiger partial charge in [0, 0.05) is 30.6 Å². The number of nitrogens with zero attached hydrogens (tertiary/aromatic N) is 3. The average Bonchev–Trinajstić information content (AvgIpc) is 3.31. The van der Waals surface area contributed by atoms with E-state index in [9.17, 15) is 30.8 Å². The molecule has 3 rings (SSSR count). The summed E-state index contributed by atoms with van der Waals surface area (Å²) in [6.45, 7) is -0.162. The van der Waals surface area contributed by atoms with Gasteiger partial charge in [-0.2, -0.15) is 18.3 Å². The molecule has 0 aliphatic carbocycles. The number of nitrogens with one attached hydrogen (secondary N) is 2. The van der Waals surface area contributed by atoms with Gasteiger partial charge in [0.1, 0.15) is 11.5 Å². The fraction of sp³-hybridized carbons (Fsp3) is 0.136. The first kappa shape index (κ1) is 25.4. The van der Waals surface area contributed by atoms with Gasteiger partial charge in [-0.05, 0) is 42.0 Å². The van der Waals surface area contributed by atoms with Gasteiger partial charge in [0.15, 0.2) is 5.82 Å². The molecule has 3 aromatic rings. The van der Waals surface area contributed by atoms with Crippen LogP contribution in [0.3, 0.4) is 0 Å². The molecule has 0 atom stereocenters. The molecule has 35 heavy (non-hydrogen) atoms. The minimum atomic E-state index is -4.67. The van der Waals surface area contributed by atoms with Crippen molar-refractivity contribution in [3.63, 3.8) is 0 Å². The highest BCUT2D eigenvalue weighted by Gasteiger charge is 2.33. The lowest BCUT2D eigenvalue weighted by Crippen LogP contribution is -2.21. The van der Waals surface area contributed by atoms with E-state index < -0.39 is 33.6 Å². The average molecular weight is 507 g/mol. The topological polar surface area (TPSA) is 106 Å². The molecule has 2 heterocycles. The van der Waals surface area contributed by atoms with Crippen LogP contribution in [0.5, 0.6) is 0 Å². The van der Waals surface area contributed by atoms with Gasteiger partial charge in [-0.3, -0.25) is 9.52 Å². The van der Waals surface area contributed by atoms with Crippen LogP contribution in [0.1, 0.15) is 22.4 Å². The number of anilines is 1. The molecule has 13 heteroatoms. The molecule has 0 bridgehead atoms. The van der Waals surface area contributed by atoms with Crippen molar-refractivity contribution in [3.8, 4) is 18.2 Å². The van der Waals surface area contributed by atoms with E-state index in [1.807, 2.05) is 4.72 Å². The second-order valence-corrected chi connectivity index (χ2v) is 8.88. The van der Waals surface area contributed by atoms with Crippen LogP contribution in [0, 0.1) is 18.2 Å². The molecule has 1 amide bonds. The summed E-state index contributed by atoms with van der Waals surface area (Å²) >= 11 is 0. The van der Waals surface area contributed by atoms with E-state index in [1.54, 1.807) is 0 Å². The number of pyridine rings is 1. The van der Waals surface area contributed by atoms with E-state index in [0.29, 0.717) is 0 Å². The Morgan fingerprint density at radius 1 is 1.29 bits per heavy atom. The molecule has 2 aromatic heterocycles. The summed E-state index contributed by atoms with van der Waals surface area (Å²) in [5.74, 6) is 0.477. The maximum atomic E-state index is 14.4. The van der Waals surface area contributed by atoms with Crippen LogP contribution in [-0.2, 0) is 27.5 Å². The number of carbonyl (C=O) groups is 1. The van der Waals surface area contributed by atoms with Crippen LogP contribution in [-0.4, -0.2) is 35.3 Å². The van der Waals surface area contributed by atoms with Gasteiger partial charge in [-0.1, -0.05) is 5.92 Å². The number of aromatic nitrogens is 3. The first-order chi connectivity index (χ1) is 16.4. The highest BCUT2D eigenvalue weighted by Crippen LogP contribution is 2.29. The zero-order valence-corrected chi connectivity index (χ0v) is 18.8. The Kier molecular flexibility index (Phi) is 7.25. The van der Waals surface area contributed by atoms with Crippen molar-refractivity contribution < 1.29 is 30.8 Å². The summed E-state index contributed by atoms with van der Waals surface area (Å²) in [4.78, 5) is 15.9. The first-order valence-electron chi connectivity index (χ1n) is 9.68. The molecular weight excluding hydrogens is 490 g/mol. The molecule has 8 nitrogen and oxygen atoms in total. The molecule has 0 aliphatic heterocycles. The molecule has 0 spiro atoms. The smallest absolute Gasteiger partial charge is 0.348 e. The molecule has 0 fully saturated rings. The Labute approximate surface area is 197 Å². The number of benzene rings is 1. The number of hydrogen-bond acceptors (Lipinski definition) is 5. The number of rotatable bonds is 7. The maximum Gasteiger partial charge on any atom is 0.433 e. The number of sulfonamides is 1. The van der Waals surface area contributed by atoms with Crippen molar-refractivity contribution >= 4 is 27.7 Å². The SMILES string of the molecule is C#Cc1cc(CNC(=O)C=Cc2ccc(C(F)(F)F)nc2-n2cccn2)cc(F)c1NS(C)(=O)=O. The third-order valence-electron chi connectivity index (χ3n) is 4.39. The van der Waals surface area contributed by atoms with Crippen LogP contribution >= 0.6 is 0 Å². The fourth-order valence-electron chi connectivity index (χ4n) is 2.91. The van der Waals surface area contributed by atoms with Crippen LogP contribution in [0.2, 0.25) is 0 Å². The predicted molar refractivity (Wildman–Crippen MR) is 120 cm³/mol. The number of carbonyl (C=O) groups excluding carboxylic acids is 1. The quantitative estimate of drug-likeness (QED) is 0.291. The molecule has 0 saturated carbocycles. The second-order valence-electron chi connectivity index (χ2n) is 7.13. The number of amides is 1. The van der Waals surface area contributed by atoms with Crippen molar-refractivity contribution in [2.75, 3.05) is 11.0 Å². The van der Waals surface area contributed by atoms with E-state index in [4.69, 9.17) is 6.42 Å². The zero-order valence-electron chi connectivity index (χ0n) is 18.0. The Morgan fingerprint density at radius 3 is 2.63 bits per heavy atom. The van der Waals surface area contributed by atoms with Gasteiger partial charge < -0.3 is 5.32 Å². The summed E-state index contributed by atoms with van der Waals surface area (Å²) < 4.78 is 79.5. The lowest BCUT2D eigenvalue weighted by Gasteiger charge is -2.11. The minimum Gasteiger partial charge on any atom is -0.348 e. The van der Waals surface area contributed by atoms with Gasteiger partial charge in [0.05, 0.1) is 17.5 Å². The van der Waals surface area contributed by atoms with Gasteiger partial charge in [0.25, 0.3) is 0 Å². The summed E-state index contributed by atoms with van der Waals surface area (Å²) in [5.41, 5.74) is -1.12. The Hall–Kier alpha value is -4.18. The van der Waals surface area contributed by atoms with Crippen molar-refractivity contribution in [2.24, 2.45) is 0 Å². The largest absolute Gasteiger partial charge is 0.433 e. The molecule has 2 N–H and O–H groups in total. The van der Waals surface area contributed by atoms with Gasteiger partial charge >= 0.3 is 6.18 Å². The molecule has 0 saturated heterocycles. The monoisotopic (exact) mass is 507 g/mol. The summed E-state index contributed by atoms with van der Waals surface area (Å²) in [6, 6.07) is 5.77. The summed E-state index contributed by atoms with van der Waals surface area (Å²) in [7, 11) is -3.77. The van der Waals surface area contributed by atoms with Gasteiger partial charge in [0.2, 0.25) is 15.9 Å². The van der Waals surface area contributed by atoms with E-state index >= 15 is 0 Å². The third-order valence-corrected chi connectivity index (χ3v) is 4.97. The molecular formula is C22H17F4N5O3S. The van der Waals surface area contributed by atoms with E-state index in [2.05, 4.69) is 21.3 Å². The maximum absolute atomic E-state index is 14.4. The number of halogens is 4. The van der Waals surface area contributed by atoms with Crippen LogP contribution < -0.4 is 10.0 Å². The molecule has 0 radical (unpaired) electrons. The standard InChI is InChI=1S/C22H17F4N5O3S/c1-3-15-11-14(12-17(23)20(15)30-35(2,33)34)13-27-19(32)8-6-16-5-7-18(22(24,25)26)29-21(16)31-10-4-9-28-31/h1,4-12,30H,13H2,2H3,(H,27,32). The predicted octanol–water partition coefficient (Wildman–Crippen LogP) is 3.11. The van der Waals surface area contributed by atoms with E-state index in [0.717, 1.165) is 35.2 Å². The molecule has 1 aromatic carbocycles. The summed E-state index contributed by atoms with van der Waals surface area (Å²) in [5, 5.41) is 6.37. The van der Waals surface area contributed by atoms with Gasteiger partial charge in [-0.15, -0.1) is 6.42 Å². The highest BCUT2D eigenvalue weighted by molar-refractivity contribution is 7.92. The highest BCUT2D eigenvalue weighted by atomic mass is 32.2. The van der Waals surface area contributed by atoms with Crippen molar-refractivity contribution in [1.29, 1.82) is 0 Å². The van der Waals surface area contributed by atoms with Crippen LogP contribution in [0.15, 0.2) is 48.8 Å². The molecule has 0 unspecified atom stereocenters. The van der Waals surface area contributed by atoms with Crippen molar-refractivity contribution in [3.05, 3.63) is 77.0 Å². The Morgan fingerprint density at radius 2 is 2.03 bits per heavy atom. The zero-order chi connectivity index (χ0) is 25.8. The lowest BCUT2D eigenvalue weighted by molar-refractivity contribution is -0.141. The van der Waals surface area contributed by atoms with E-state index in [-0.39, 0.29) is 34.7 Å². The Bertz CT molecular complexity index is 1430. The Balaban J connectivity index is 1.77. The number of terminal acetylenes is 1. The van der Waals surface area contributed by atoms with Crippen LogP contribution in [0.25, 0.3) is 11.9 Å². The minimum absolute atomic E-state index is 0.0603. The van der Waals surface area contributed by atoms with Crippen molar-refractivity contribution in [2.45, 2.75) is 12.7 Å². The van der Waals surface area contributed by atoms with Crippen LogP contribution in [0.4, 0.5) is 23.2 Å². The number of hydrogen-bond donors (Lipinski definition) is 2. The third kappa shape index (κ3) is 6.67. The second kappa shape index (κ2) is 9.98. The fourth-order valence-corrected chi connectivity index (χ4v) is 3.48. The van der Waals surface area contributed by atoms with E-state index in [1.165, 1.54) is 30.6 Å². The van der Waals surface area contributed by atoms with Crippen molar-refractivity contribution in [1.82, 2.24) is 20.1 Å².